The van der Waals surface area contributed by atoms with Gasteiger partial charge in [0, 0.05) is 12.6 Å². The zero-order valence-electron chi connectivity index (χ0n) is 13.8. The number of nitrogens with zero attached hydrogens (tertiary/aromatic N) is 1. The van der Waals surface area contributed by atoms with Crippen molar-refractivity contribution in [3.63, 3.8) is 0 Å². The van der Waals surface area contributed by atoms with E-state index in [0.717, 1.165) is 31.5 Å². The van der Waals surface area contributed by atoms with E-state index < -0.39 is 26.9 Å². The van der Waals surface area contributed by atoms with Crippen molar-refractivity contribution in [1.82, 2.24) is 4.90 Å². The van der Waals surface area contributed by atoms with Gasteiger partial charge in [0.05, 0.1) is 3.58 Å². The number of nitrogens with two attached hydrogens (primary N) is 1. The standard InChI is InChI=1S/C19H22F3IN2/c20-19(21,22)18-7-6-16(12-23-18)17(13-24)25-10-8-15(9-11-25)14-4-2-1-3-5-14/h1-7,12,15,17H,8-11,13,24H2. The zero-order chi connectivity index (χ0) is 17.9. The summed E-state index contributed by atoms with van der Waals surface area (Å²) in [6, 6.07) is 10.5. The summed E-state index contributed by atoms with van der Waals surface area (Å²) >= 11 is -1.13. The van der Waals surface area contributed by atoms with Gasteiger partial charge in [-0.05, 0) is 53.1 Å². The van der Waals surface area contributed by atoms with E-state index in [4.69, 9.17) is 5.73 Å². The first-order valence-corrected chi connectivity index (χ1v) is 10.8. The van der Waals surface area contributed by atoms with Gasteiger partial charge in [0.25, 0.3) is 0 Å². The van der Waals surface area contributed by atoms with Gasteiger partial charge in [-0.25, -0.2) is 0 Å². The van der Waals surface area contributed by atoms with Crippen LogP contribution >= 0.6 is 20.7 Å². The minimum atomic E-state index is -4.20. The fourth-order valence-electron chi connectivity index (χ4n) is 3.47. The van der Waals surface area contributed by atoms with E-state index in [1.165, 1.54) is 11.6 Å². The second kappa shape index (κ2) is 8.14. The summed E-state index contributed by atoms with van der Waals surface area (Å²) < 4.78 is 39.8. The Morgan fingerprint density at radius 1 is 1.12 bits per heavy atom. The molecular formula is C19H22F3IN2. The third-order valence-corrected chi connectivity index (χ3v) is 7.51. The van der Waals surface area contributed by atoms with Gasteiger partial charge in [0.15, 0.2) is 0 Å². The van der Waals surface area contributed by atoms with E-state index in [1.807, 2.05) is 6.07 Å². The number of hydrogen-bond acceptors (Lipinski definition) is 2. The first kappa shape index (κ1) is 18.8. The number of alkyl halides is 3. The van der Waals surface area contributed by atoms with Crippen molar-refractivity contribution < 1.29 is 13.2 Å². The molecule has 0 bridgehead atoms. The molecule has 25 heavy (non-hydrogen) atoms. The molecule has 2 aliphatic rings. The molecule has 1 fully saturated rings. The molecule has 1 aromatic carbocycles. The summed E-state index contributed by atoms with van der Waals surface area (Å²) in [5.74, 6) is 0.560. The minimum absolute atomic E-state index is 0.0301. The molecule has 136 valence electrons. The van der Waals surface area contributed by atoms with Crippen LogP contribution in [0.1, 0.15) is 24.3 Å². The smallest absolute Gasteiger partial charge is 0.329 e. The lowest BCUT2D eigenvalue weighted by Crippen LogP contribution is -2.46. The number of allylic oxidation sites excluding steroid dienone is 3. The lowest BCUT2D eigenvalue weighted by molar-refractivity contribution is -0.0817. The molecular weight excluding hydrogens is 440 g/mol. The van der Waals surface area contributed by atoms with Crippen LogP contribution in [0, 0.1) is 0 Å². The number of piperidine rings is 1. The molecule has 1 unspecified atom stereocenters. The first-order valence-electron chi connectivity index (χ1n) is 8.44. The van der Waals surface area contributed by atoms with Crippen LogP contribution in [0.25, 0.3) is 0 Å². The maximum atomic E-state index is 12.8. The third-order valence-electron chi connectivity index (χ3n) is 4.84. The van der Waals surface area contributed by atoms with Crippen molar-refractivity contribution in [3.05, 3.63) is 57.2 Å². The van der Waals surface area contributed by atoms with Crippen molar-refractivity contribution in [2.45, 2.75) is 31.0 Å². The highest BCUT2D eigenvalue weighted by Gasteiger charge is 2.34. The van der Waals surface area contributed by atoms with E-state index in [9.17, 15) is 13.2 Å². The van der Waals surface area contributed by atoms with Crippen LogP contribution in [0.2, 0.25) is 0 Å². The lowest BCUT2D eigenvalue weighted by atomic mass is 9.88. The van der Waals surface area contributed by atoms with Crippen molar-refractivity contribution in [2.24, 2.45) is 5.73 Å². The van der Waals surface area contributed by atoms with Crippen molar-refractivity contribution in [1.29, 1.82) is 0 Å². The van der Waals surface area contributed by atoms with Crippen LogP contribution in [0.5, 0.6) is 0 Å². The normalized spacial score (nSPS) is 21.3. The molecule has 0 aliphatic carbocycles. The molecule has 6 heteroatoms. The topological polar surface area (TPSA) is 29.3 Å². The predicted octanol–water partition coefficient (Wildman–Crippen LogP) is 4.35. The Kier molecular flexibility index (Phi) is 6.12. The molecule has 2 N–H and O–H groups in total. The molecule has 1 atom stereocenters. The highest BCUT2D eigenvalue weighted by Crippen LogP contribution is 2.37. The number of likely N-dealkylation sites (tertiary alicyclic amines) is 1. The fraction of sp³-hybridized carbons (Fsp3) is 0.421. The van der Waals surface area contributed by atoms with Crippen molar-refractivity contribution in [3.8, 4) is 0 Å². The molecule has 1 aromatic rings. The van der Waals surface area contributed by atoms with Gasteiger partial charge in [0.1, 0.15) is 0 Å². The van der Waals surface area contributed by atoms with Gasteiger partial charge in [0.2, 0.25) is 0 Å². The quantitative estimate of drug-likeness (QED) is 0.675. The monoisotopic (exact) mass is 462 g/mol. The maximum absolute atomic E-state index is 12.8. The van der Waals surface area contributed by atoms with Gasteiger partial charge in [-0.15, -0.1) is 0 Å². The third kappa shape index (κ3) is 4.60. The molecule has 0 saturated carbocycles. The van der Waals surface area contributed by atoms with Crippen molar-refractivity contribution >= 4 is 24.7 Å². The number of halogens is 4. The first-order chi connectivity index (χ1) is 12.0. The Bertz CT molecular complexity index is 672. The van der Waals surface area contributed by atoms with Gasteiger partial charge >= 0.3 is 6.18 Å². The van der Waals surface area contributed by atoms with Crippen LogP contribution in [0.15, 0.2) is 51.6 Å². The van der Waals surface area contributed by atoms with Crippen LogP contribution < -0.4 is 5.73 Å². The molecule has 0 radical (unpaired) electrons. The molecule has 0 amide bonds. The molecule has 3 rings (SSSR count). The molecule has 2 nitrogen and oxygen atoms in total. The van der Waals surface area contributed by atoms with Crippen LogP contribution in [0.3, 0.4) is 0 Å². The molecule has 1 saturated heterocycles. The Morgan fingerprint density at radius 2 is 1.80 bits per heavy atom. The van der Waals surface area contributed by atoms with Crippen LogP contribution in [0.4, 0.5) is 13.2 Å². The number of rotatable bonds is 4. The predicted molar refractivity (Wildman–Crippen MR) is 105 cm³/mol. The van der Waals surface area contributed by atoms with E-state index in [-0.39, 0.29) is 9.62 Å². The Hall–Kier alpha value is -0.990. The van der Waals surface area contributed by atoms with E-state index in [2.05, 4.69) is 29.2 Å². The minimum Gasteiger partial charge on any atom is -0.329 e. The number of hydrogen-bond donors (Lipinski definition) is 1. The van der Waals surface area contributed by atoms with Crippen molar-refractivity contribution in [2.75, 3.05) is 19.6 Å². The summed E-state index contributed by atoms with van der Waals surface area (Å²) in [6.45, 7) is 2.30. The van der Waals surface area contributed by atoms with Crippen LogP contribution in [-0.4, -0.2) is 40.8 Å². The molecule has 0 aromatic heterocycles. The fourth-order valence-corrected chi connectivity index (χ4v) is 5.53. The van der Waals surface area contributed by atoms with Gasteiger partial charge < -0.3 is 5.73 Å². The maximum Gasteiger partial charge on any atom is 0.421 e. The van der Waals surface area contributed by atoms with E-state index in [1.54, 1.807) is 10.1 Å². The largest absolute Gasteiger partial charge is 0.421 e. The van der Waals surface area contributed by atoms with E-state index >= 15 is 0 Å². The van der Waals surface area contributed by atoms with Crippen LogP contribution in [-0.2, 0) is 0 Å². The molecule has 0 spiro atoms. The SMILES string of the molecule is NCC(C1=CC=C(C(F)(F)F)I=C1)N1CCC(c2ccccc2)CC1. The Balaban J connectivity index is 1.65. The molecule has 2 heterocycles. The Labute approximate surface area is 156 Å². The average Bonchev–Trinajstić information content (AvgIpc) is 2.63. The van der Waals surface area contributed by atoms with E-state index in [0.29, 0.717) is 12.5 Å². The average molecular weight is 462 g/mol. The highest BCUT2D eigenvalue weighted by molar-refractivity contribution is 14.2. The van der Waals surface area contributed by atoms with Gasteiger partial charge in [-0.3, -0.25) is 4.90 Å². The highest BCUT2D eigenvalue weighted by atomic mass is 127. The summed E-state index contributed by atoms with van der Waals surface area (Å²) in [4.78, 5) is 2.33. The van der Waals surface area contributed by atoms with Gasteiger partial charge in [-0.2, -0.15) is 13.2 Å². The number of benzene rings is 1. The summed E-state index contributed by atoms with van der Waals surface area (Å²) in [5.41, 5.74) is 8.30. The second-order valence-corrected chi connectivity index (χ2v) is 8.78. The summed E-state index contributed by atoms with van der Waals surface area (Å²) in [6.07, 6.45) is 0.797. The molecule has 2 aliphatic heterocycles. The Morgan fingerprint density at radius 3 is 2.32 bits per heavy atom. The summed E-state index contributed by atoms with van der Waals surface area (Å²) in [5, 5.41) is 0. The zero-order valence-corrected chi connectivity index (χ0v) is 16.0. The second-order valence-electron chi connectivity index (χ2n) is 6.37. The lowest BCUT2D eigenvalue weighted by Gasteiger charge is -2.38. The summed E-state index contributed by atoms with van der Waals surface area (Å²) in [7, 11) is 0. The van der Waals surface area contributed by atoms with Gasteiger partial charge in [-0.1, -0.05) is 57.1 Å².